The van der Waals surface area contributed by atoms with Gasteiger partial charge in [0, 0.05) is 44.1 Å². The number of halogens is 3. The molecule has 10 heteroatoms. The van der Waals surface area contributed by atoms with Crippen LogP contribution in [0.4, 0.5) is 19.0 Å². The summed E-state index contributed by atoms with van der Waals surface area (Å²) in [6, 6.07) is 7.46. The third-order valence-electron chi connectivity index (χ3n) is 5.02. The van der Waals surface area contributed by atoms with Gasteiger partial charge < -0.3 is 4.90 Å². The molecule has 148 valence electrons. The maximum Gasteiger partial charge on any atom is 0.453 e. The van der Waals surface area contributed by atoms with Crippen LogP contribution < -0.4 is 4.90 Å². The fourth-order valence-corrected chi connectivity index (χ4v) is 3.57. The molecule has 0 saturated carbocycles. The first kappa shape index (κ1) is 18.6. The number of hydrogen-bond acceptors (Lipinski definition) is 6. The number of pyridine rings is 1. The number of fused-ring (bicyclic) bond motifs is 1. The highest BCUT2D eigenvalue weighted by Gasteiger charge is 2.38. The summed E-state index contributed by atoms with van der Waals surface area (Å²) in [6.07, 6.45) is -1.01. The van der Waals surface area contributed by atoms with Crippen LogP contribution in [-0.4, -0.2) is 54.9 Å². The summed E-state index contributed by atoms with van der Waals surface area (Å²) in [5, 5.41) is 11.0. The molecule has 1 aliphatic heterocycles. The van der Waals surface area contributed by atoms with Crippen molar-refractivity contribution in [1.29, 1.82) is 0 Å². The molecule has 2 unspecified atom stereocenters. The molecule has 0 aromatic carbocycles. The largest absolute Gasteiger partial charge is 0.453 e. The molecule has 7 nitrogen and oxygen atoms in total. The number of anilines is 1. The fraction of sp³-hybridized carbons (Fsp3) is 0.444. The van der Waals surface area contributed by atoms with Crippen LogP contribution in [0.5, 0.6) is 0 Å². The molecular formula is C18H20F3N7. The Hall–Kier alpha value is -2.75. The van der Waals surface area contributed by atoms with Crippen LogP contribution in [0.1, 0.15) is 25.2 Å². The van der Waals surface area contributed by atoms with Crippen molar-refractivity contribution in [3.05, 3.63) is 48.0 Å². The Morgan fingerprint density at radius 3 is 2.61 bits per heavy atom. The topological polar surface area (TPSA) is 62.5 Å². The van der Waals surface area contributed by atoms with Crippen molar-refractivity contribution in [2.24, 2.45) is 0 Å². The zero-order chi connectivity index (χ0) is 19.9. The number of aromatic nitrogens is 5. The van der Waals surface area contributed by atoms with Gasteiger partial charge in [0.2, 0.25) is 0 Å². The van der Waals surface area contributed by atoms with Gasteiger partial charge >= 0.3 is 6.18 Å². The molecule has 1 fully saturated rings. The van der Waals surface area contributed by atoms with E-state index in [1.807, 2.05) is 30.2 Å². The van der Waals surface area contributed by atoms with Gasteiger partial charge in [-0.1, -0.05) is 6.07 Å². The lowest BCUT2D eigenvalue weighted by atomic mass is 10.1. The summed E-state index contributed by atoms with van der Waals surface area (Å²) in [5.41, 5.74) is 1.21. The molecule has 2 atom stereocenters. The van der Waals surface area contributed by atoms with Crippen molar-refractivity contribution < 1.29 is 13.2 Å². The predicted octanol–water partition coefficient (Wildman–Crippen LogP) is 2.64. The second-order valence-electron chi connectivity index (χ2n) is 7.12. The Labute approximate surface area is 159 Å². The minimum Gasteiger partial charge on any atom is -0.350 e. The smallest absolute Gasteiger partial charge is 0.350 e. The first-order chi connectivity index (χ1) is 13.3. The molecule has 0 bridgehead atoms. The summed E-state index contributed by atoms with van der Waals surface area (Å²) < 4.78 is 40.2. The number of piperazine rings is 1. The summed E-state index contributed by atoms with van der Waals surface area (Å²) >= 11 is 0. The van der Waals surface area contributed by atoms with Crippen molar-refractivity contribution in [3.63, 3.8) is 0 Å². The van der Waals surface area contributed by atoms with E-state index in [1.54, 1.807) is 12.3 Å². The van der Waals surface area contributed by atoms with Crippen molar-refractivity contribution in [2.75, 3.05) is 18.0 Å². The molecule has 0 aliphatic carbocycles. The van der Waals surface area contributed by atoms with E-state index >= 15 is 0 Å². The molecule has 3 aromatic rings. The molecule has 1 saturated heterocycles. The average Bonchev–Trinajstić information content (AvgIpc) is 3.09. The molecular weight excluding hydrogens is 371 g/mol. The molecule has 4 rings (SSSR count). The zero-order valence-corrected chi connectivity index (χ0v) is 15.5. The van der Waals surface area contributed by atoms with E-state index in [1.165, 1.54) is 6.07 Å². The van der Waals surface area contributed by atoms with Crippen LogP contribution in [-0.2, 0) is 12.7 Å². The maximum absolute atomic E-state index is 13.1. The first-order valence-corrected chi connectivity index (χ1v) is 9.02. The summed E-state index contributed by atoms with van der Waals surface area (Å²) in [6.45, 7) is 6.36. The van der Waals surface area contributed by atoms with Crippen molar-refractivity contribution >= 4 is 11.5 Å². The van der Waals surface area contributed by atoms with E-state index in [9.17, 15) is 13.2 Å². The lowest BCUT2D eigenvalue weighted by Gasteiger charge is -2.44. The van der Waals surface area contributed by atoms with Gasteiger partial charge in [0.1, 0.15) is 5.82 Å². The Morgan fingerprint density at radius 1 is 1.07 bits per heavy atom. The molecule has 28 heavy (non-hydrogen) atoms. The van der Waals surface area contributed by atoms with E-state index in [2.05, 4.69) is 32.1 Å². The van der Waals surface area contributed by atoms with Gasteiger partial charge in [-0.3, -0.25) is 9.88 Å². The van der Waals surface area contributed by atoms with Gasteiger partial charge in [-0.15, -0.1) is 15.3 Å². The lowest BCUT2D eigenvalue weighted by Crippen LogP contribution is -2.56. The molecule has 4 heterocycles. The zero-order valence-electron chi connectivity index (χ0n) is 15.5. The second-order valence-corrected chi connectivity index (χ2v) is 7.12. The third-order valence-corrected chi connectivity index (χ3v) is 5.02. The van der Waals surface area contributed by atoms with Crippen molar-refractivity contribution in [3.8, 4) is 0 Å². The molecule has 0 amide bonds. The highest BCUT2D eigenvalue weighted by molar-refractivity contribution is 5.47. The van der Waals surface area contributed by atoms with Crippen LogP contribution in [0.2, 0.25) is 0 Å². The van der Waals surface area contributed by atoms with Crippen LogP contribution in [0.15, 0.2) is 36.7 Å². The number of hydrogen-bond donors (Lipinski definition) is 0. The number of rotatable bonds is 3. The van der Waals surface area contributed by atoms with Crippen molar-refractivity contribution in [1.82, 2.24) is 29.7 Å². The Morgan fingerprint density at radius 2 is 1.89 bits per heavy atom. The molecule has 0 spiro atoms. The minimum absolute atomic E-state index is 0.0759. The molecule has 1 aliphatic rings. The summed E-state index contributed by atoms with van der Waals surface area (Å²) in [5.74, 6) is -0.626. The minimum atomic E-state index is -4.60. The van der Waals surface area contributed by atoms with E-state index in [4.69, 9.17) is 0 Å². The third kappa shape index (κ3) is 3.51. The molecule has 0 radical (unpaired) electrons. The molecule has 0 N–H and O–H groups in total. The highest BCUT2D eigenvalue weighted by Crippen LogP contribution is 2.29. The van der Waals surface area contributed by atoms with E-state index in [0.29, 0.717) is 12.4 Å². The monoisotopic (exact) mass is 391 g/mol. The second kappa shape index (κ2) is 7.01. The van der Waals surface area contributed by atoms with E-state index < -0.39 is 12.0 Å². The average molecular weight is 391 g/mol. The summed E-state index contributed by atoms with van der Waals surface area (Å²) in [4.78, 5) is 8.53. The quantitative estimate of drug-likeness (QED) is 0.684. The van der Waals surface area contributed by atoms with Gasteiger partial charge in [0.25, 0.3) is 5.82 Å². The van der Waals surface area contributed by atoms with Crippen molar-refractivity contribution in [2.45, 2.75) is 38.7 Å². The molecule has 3 aromatic heterocycles. The standard InChI is InChI=1S/C18H20F3N7/c1-12-10-27(13(2)9-26(12)11-14-4-3-7-22-8-14)16-6-5-15-23-24-17(18(19,20)21)28(15)25-16/h3-8,12-13H,9-11H2,1-2H3. The number of nitrogens with zero attached hydrogens (tertiary/aromatic N) is 7. The Bertz CT molecular complexity index is 957. The SMILES string of the molecule is CC1CN(c2ccc3nnc(C(F)(F)F)n3n2)C(C)CN1Cc1cccnc1. The Kier molecular flexibility index (Phi) is 4.66. The van der Waals surface area contributed by atoms with Gasteiger partial charge in [-0.05, 0) is 37.6 Å². The maximum atomic E-state index is 13.1. The predicted molar refractivity (Wildman–Crippen MR) is 96.7 cm³/mol. The Balaban J connectivity index is 1.57. The summed E-state index contributed by atoms with van der Waals surface area (Å²) in [7, 11) is 0. The van der Waals surface area contributed by atoms with Gasteiger partial charge in [-0.25, -0.2) is 0 Å². The lowest BCUT2D eigenvalue weighted by molar-refractivity contribution is -0.146. The van der Waals surface area contributed by atoms with Gasteiger partial charge in [-0.2, -0.15) is 17.7 Å². The van der Waals surface area contributed by atoms with Crippen LogP contribution >= 0.6 is 0 Å². The first-order valence-electron chi connectivity index (χ1n) is 9.02. The van der Waals surface area contributed by atoms with E-state index in [0.717, 1.165) is 23.2 Å². The van der Waals surface area contributed by atoms with Crippen LogP contribution in [0, 0.1) is 0 Å². The van der Waals surface area contributed by atoms with Gasteiger partial charge in [0.15, 0.2) is 5.65 Å². The van der Waals surface area contributed by atoms with Crippen LogP contribution in [0.3, 0.4) is 0 Å². The highest BCUT2D eigenvalue weighted by atomic mass is 19.4. The normalized spacial score (nSPS) is 21.4. The van der Waals surface area contributed by atoms with E-state index in [-0.39, 0.29) is 17.7 Å². The fourth-order valence-electron chi connectivity index (χ4n) is 3.57. The van der Waals surface area contributed by atoms with Gasteiger partial charge in [0.05, 0.1) is 0 Å². The number of alkyl halides is 3. The van der Waals surface area contributed by atoms with Crippen LogP contribution in [0.25, 0.3) is 5.65 Å².